The van der Waals surface area contributed by atoms with Gasteiger partial charge < -0.3 is 10.8 Å². The van der Waals surface area contributed by atoms with Crippen LogP contribution in [0.1, 0.15) is 42.2 Å². The van der Waals surface area contributed by atoms with Crippen LogP contribution >= 0.6 is 0 Å². The third-order valence-corrected chi connectivity index (χ3v) is 4.98. The molecule has 8 nitrogen and oxygen atoms in total. The molecule has 1 amide bonds. The van der Waals surface area contributed by atoms with E-state index in [1.165, 1.54) is 0 Å². The number of hydrogen-bond donors (Lipinski definition) is 2. The standard InChI is InChI=1S/C17H20N6O2/c18-17(25)15-16-12(7-14(21-15)22-6-5-19-10-22)8-20-23(16)13-3-1-11(9-24)2-4-13/h5-8,10-11,13,24H,1-4,9H2,(H2,18,25). The van der Waals surface area contributed by atoms with Gasteiger partial charge in [0, 0.05) is 24.4 Å². The third kappa shape index (κ3) is 2.78. The number of pyridine rings is 1. The van der Waals surface area contributed by atoms with Gasteiger partial charge in [0.15, 0.2) is 5.69 Å². The van der Waals surface area contributed by atoms with Crippen molar-refractivity contribution < 1.29 is 9.90 Å². The SMILES string of the molecule is NC(=O)c1nc(-n2ccnc2)cc2cnn(C3CCC(CO)CC3)c12. The molecule has 0 bridgehead atoms. The predicted octanol–water partition coefficient (Wildman–Crippen LogP) is 1.44. The molecular weight excluding hydrogens is 320 g/mol. The number of aliphatic hydroxyl groups excluding tert-OH is 1. The van der Waals surface area contributed by atoms with Crippen molar-refractivity contribution in [3.63, 3.8) is 0 Å². The van der Waals surface area contributed by atoms with Crippen molar-refractivity contribution in [2.45, 2.75) is 31.7 Å². The lowest BCUT2D eigenvalue weighted by Gasteiger charge is -2.28. The minimum atomic E-state index is -0.572. The molecule has 130 valence electrons. The lowest BCUT2D eigenvalue weighted by Crippen LogP contribution is -2.23. The molecule has 1 aliphatic carbocycles. The van der Waals surface area contributed by atoms with Gasteiger partial charge in [-0.2, -0.15) is 5.10 Å². The van der Waals surface area contributed by atoms with Gasteiger partial charge in [-0.25, -0.2) is 9.97 Å². The van der Waals surface area contributed by atoms with Gasteiger partial charge in [0.05, 0.1) is 12.2 Å². The van der Waals surface area contributed by atoms with Gasteiger partial charge in [-0.3, -0.25) is 14.0 Å². The lowest BCUT2D eigenvalue weighted by atomic mass is 9.86. The van der Waals surface area contributed by atoms with Crippen LogP contribution in [-0.4, -0.2) is 41.9 Å². The first-order valence-corrected chi connectivity index (χ1v) is 8.44. The summed E-state index contributed by atoms with van der Waals surface area (Å²) in [6.07, 6.45) is 10.5. The average molecular weight is 340 g/mol. The summed E-state index contributed by atoms with van der Waals surface area (Å²) in [5.74, 6) is 0.375. The van der Waals surface area contributed by atoms with Gasteiger partial charge in [-0.05, 0) is 37.7 Å². The van der Waals surface area contributed by atoms with Crippen molar-refractivity contribution in [1.82, 2.24) is 24.3 Å². The first-order chi connectivity index (χ1) is 12.2. The largest absolute Gasteiger partial charge is 0.396 e. The number of carbonyl (C=O) groups excluding carboxylic acids is 1. The molecule has 0 atom stereocenters. The van der Waals surface area contributed by atoms with E-state index in [-0.39, 0.29) is 18.3 Å². The zero-order chi connectivity index (χ0) is 17.4. The molecule has 25 heavy (non-hydrogen) atoms. The number of hydrogen-bond acceptors (Lipinski definition) is 5. The molecule has 3 heterocycles. The zero-order valence-electron chi connectivity index (χ0n) is 13.7. The second-order valence-electron chi connectivity index (χ2n) is 6.55. The highest BCUT2D eigenvalue weighted by atomic mass is 16.3. The van der Waals surface area contributed by atoms with E-state index in [0.717, 1.165) is 31.1 Å². The summed E-state index contributed by atoms with van der Waals surface area (Å²) in [6.45, 7) is 0.231. The van der Waals surface area contributed by atoms with Crippen LogP contribution < -0.4 is 5.73 Å². The van der Waals surface area contributed by atoms with Crippen molar-refractivity contribution in [2.75, 3.05) is 6.61 Å². The van der Waals surface area contributed by atoms with Gasteiger partial charge >= 0.3 is 0 Å². The van der Waals surface area contributed by atoms with E-state index < -0.39 is 5.91 Å². The summed E-state index contributed by atoms with van der Waals surface area (Å²) in [7, 11) is 0. The van der Waals surface area contributed by atoms with Gasteiger partial charge in [-0.1, -0.05) is 0 Å². The highest BCUT2D eigenvalue weighted by Crippen LogP contribution is 2.34. The number of amides is 1. The summed E-state index contributed by atoms with van der Waals surface area (Å²) in [5, 5.41) is 14.7. The van der Waals surface area contributed by atoms with E-state index in [4.69, 9.17) is 5.73 Å². The molecule has 0 saturated heterocycles. The Labute approximate surface area is 144 Å². The van der Waals surface area contributed by atoms with Crippen molar-refractivity contribution >= 4 is 16.8 Å². The second-order valence-corrected chi connectivity index (χ2v) is 6.55. The number of aliphatic hydroxyl groups is 1. The van der Waals surface area contributed by atoms with E-state index in [1.54, 1.807) is 29.5 Å². The molecule has 3 N–H and O–H groups in total. The van der Waals surface area contributed by atoms with E-state index in [1.807, 2.05) is 10.7 Å². The fraction of sp³-hybridized carbons (Fsp3) is 0.412. The molecule has 0 aromatic carbocycles. The molecule has 0 aliphatic heterocycles. The van der Waals surface area contributed by atoms with Crippen LogP contribution in [0.4, 0.5) is 0 Å². The Morgan fingerprint density at radius 1 is 1.32 bits per heavy atom. The van der Waals surface area contributed by atoms with Crippen molar-refractivity contribution in [3.05, 3.63) is 36.7 Å². The van der Waals surface area contributed by atoms with Gasteiger partial charge in [0.2, 0.25) is 0 Å². The van der Waals surface area contributed by atoms with Crippen LogP contribution in [0.2, 0.25) is 0 Å². The number of imidazole rings is 1. The Kier molecular flexibility index (Phi) is 3.96. The number of aromatic nitrogens is 5. The predicted molar refractivity (Wildman–Crippen MR) is 91.2 cm³/mol. The van der Waals surface area contributed by atoms with Crippen LogP contribution in [-0.2, 0) is 0 Å². The topological polar surface area (TPSA) is 112 Å². The number of primary amides is 1. The lowest BCUT2D eigenvalue weighted by molar-refractivity contribution is 0.0996. The smallest absolute Gasteiger partial charge is 0.269 e. The second kappa shape index (κ2) is 6.29. The van der Waals surface area contributed by atoms with Crippen LogP contribution in [0.3, 0.4) is 0 Å². The van der Waals surface area contributed by atoms with Gasteiger partial charge in [0.25, 0.3) is 5.91 Å². The molecule has 4 rings (SSSR count). The molecule has 8 heteroatoms. The van der Waals surface area contributed by atoms with Crippen molar-refractivity contribution in [2.24, 2.45) is 11.7 Å². The number of fused-ring (bicyclic) bond motifs is 1. The Hall–Kier alpha value is -2.74. The van der Waals surface area contributed by atoms with Crippen LogP contribution in [0.15, 0.2) is 31.0 Å². The molecule has 0 radical (unpaired) electrons. The maximum absolute atomic E-state index is 12.0. The fourth-order valence-electron chi connectivity index (χ4n) is 3.61. The first kappa shape index (κ1) is 15.8. The Morgan fingerprint density at radius 2 is 2.12 bits per heavy atom. The summed E-state index contributed by atoms with van der Waals surface area (Å²) in [4.78, 5) is 20.5. The van der Waals surface area contributed by atoms with Crippen molar-refractivity contribution in [1.29, 1.82) is 0 Å². The summed E-state index contributed by atoms with van der Waals surface area (Å²) < 4.78 is 3.61. The summed E-state index contributed by atoms with van der Waals surface area (Å²) in [6, 6.07) is 2.08. The highest BCUT2D eigenvalue weighted by Gasteiger charge is 2.26. The number of rotatable bonds is 4. The van der Waals surface area contributed by atoms with E-state index in [2.05, 4.69) is 15.1 Å². The Bertz CT molecular complexity index is 893. The van der Waals surface area contributed by atoms with Crippen LogP contribution in [0.25, 0.3) is 16.7 Å². The van der Waals surface area contributed by atoms with Crippen LogP contribution in [0.5, 0.6) is 0 Å². The third-order valence-electron chi connectivity index (χ3n) is 4.98. The zero-order valence-corrected chi connectivity index (χ0v) is 13.7. The monoisotopic (exact) mass is 340 g/mol. The first-order valence-electron chi connectivity index (χ1n) is 8.44. The van der Waals surface area contributed by atoms with E-state index in [9.17, 15) is 9.90 Å². The summed E-state index contributed by atoms with van der Waals surface area (Å²) in [5.41, 5.74) is 6.51. The van der Waals surface area contributed by atoms with Crippen molar-refractivity contribution in [3.8, 4) is 5.82 Å². The number of nitrogens with zero attached hydrogens (tertiary/aromatic N) is 5. The maximum Gasteiger partial charge on any atom is 0.269 e. The molecule has 0 spiro atoms. The molecule has 3 aromatic rings. The van der Waals surface area contributed by atoms with E-state index in [0.29, 0.717) is 17.3 Å². The fourth-order valence-corrected chi connectivity index (χ4v) is 3.61. The van der Waals surface area contributed by atoms with E-state index >= 15 is 0 Å². The average Bonchev–Trinajstić information content (AvgIpc) is 3.30. The van der Waals surface area contributed by atoms with Crippen LogP contribution in [0, 0.1) is 5.92 Å². The van der Waals surface area contributed by atoms with Gasteiger partial charge in [-0.15, -0.1) is 0 Å². The Morgan fingerprint density at radius 3 is 2.76 bits per heavy atom. The number of nitrogens with two attached hydrogens (primary N) is 1. The highest BCUT2D eigenvalue weighted by molar-refractivity contribution is 6.03. The minimum Gasteiger partial charge on any atom is -0.396 e. The molecule has 0 unspecified atom stereocenters. The summed E-state index contributed by atoms with van der Waals surface area (Å²) >= 11 is 0. The van der Waals surface area contributed by atoms with Gasteiger partial charge in [0.1, 0.15) is 17.7 Å². The molecule has 1 saturated carbocycles. The quantitative estimate of drug-likeness (QED) is 0.746. The Balaban J connectivity index is 1.78. The molecule has 1 aliphatic rings. The molecule has 3 aromatic heterocycles. The molecule has 1 fully saturated rings. The molecular formula is C17H20N6O2. The minimum absolute atomic E-state index is 0.194. The number of carbonyl (C=O) groups is 1. The normalized spacial score (nSPS) is 20.8. The maximum atomic E-state index is 12.0.